The molecule has 0 fully saturated rings. The van der Waals surface area contributed by atoms with E-state index in [0.29, 0.717) is 11.1 Å². The number of carbonyl (C=O) groups is 1. The number of pyridine rings is 1. The minimum Gasteiger partial charge on any atom is -0.478 e. The lowest BCUT2D eigenvalue weighted by atomic mass is 10.3. The Balaban J connectivity index is 2.70. The van der Waals surface area contributed by atoms with E-state index < -0.39 is 5.97 Å². The molecule has 0 saturated heterocycles. The van der Waals surface area contributed by atoms with E-state index in [-0.39, 0.29) is 5.56 Å². The highest BCUT2D eigenvalue weighted by molar-refractivity contribution is 9.10. The minimum atomic E-state index is -1.01. The van der Waals surface area contributed by atoms with E-state index in [9.17, 15) is 4.79 Å². The standard InChI is InChI=1S/C8H4BrNO3/c9-5-3-13-6-1-4(8(11)12)2-10-7(5)6/h1-3H,(H,11,12). The van der Waals surface area contributed by atoms with Gasteiger partial charge in [-0.1, -0.05) is 0 Å². The first kappa shape index (κ1) is 8.25. The van der Waals surface area contributed by atoms with Gasteiger partial charge in [-0.2, -0.15) is 0 Å². The Kier molecular flexibility index (Phi) is 1.81. The van der Waals surface area contributed by atoms with Crippen LogP contribution in [0.4, 0.5) is 0 Å². The maximum atomic E-state index is 10.6. The smallest absolute Gasteiger partial charge is 0.337 e. The molecule has 0 bridgehead atoms. The summed E-state index contributed by atoms with van der Waals surface area (Å²) in [4.78, 5) is 14.5. The number of fused-ring (bicyclic) bond motifs is 1. The molecular weight excluding hydrogens is 238 g/mol. The number of hydrogen-bond acceptors (Lipinski definition) is 3. The SMILES string of the molecule is O=C(O)c1cnc2c(Br)coc2c1. The first-order valence-electron chi connectivity index (χ1n) is 3.44. The van der Waals surface area contributed by atoms with Crippen molar-refractivity contribution in [2.75, 3.05) is 0 Å². The van der Waals surface area contributed by atoms with Gasteiger partial charge in [-0.25, -0.2) is 4.79 Å². The van der Waals surface area contributed by atoms with Crippen LogP contribution in [0.2, 0.25) is 0 Å². The third kappa shape index (κ3) is 1.31. The molecule has 2 rings (SSSR count). The average Bonchev–Trinajstić information content (AvgIpc) is 2.47. The number of aromatic nitrogens is 1. The molecule has 0 saturated carbocycles. The molecule has 2 aromatic heterocycles. The zero-order chi connectivity index (χ0) is 9.42. The Morgan fingerprint density at radius 3 is 3.08 bits per heavy atom. The monoisotopic (exact) mass is 241 g/mol. The van der Waals surface area contributed by atoms with Gasteiger partial charge in [0, 0.05) is 6.20 Å². The van der Waals surface area contributed by atoms with E-state index in [4.69, 9.17) is 9.52 Å². The van der Waals surface area contributed by atoms with E-state index >= 15 is 0 Å². The fourth-order valence-electron chi connectivity index (χ4n) is 1.00. The normalized spacial score (nSPS) is 10.5. The average molecular weight is 242 g/mol. The van der Waals surface area contributed by atoms with Gasteiger partial charge in [-0.3, -0.25) is 4.98 Å². The van der Waals surface area contributed by atoms with Crippen LogP contribution in [-0.2, 0) is 0 Å². The summed E-state index contributed by atoms with van der Waals surface area (Å²) in [5.74, 6) is -1.01. The van der Waals surface area contributed by atoms with Crippen LogP contribution in [0.3, 0.4) is 0 Å². The molecule has 0 aromatic carbocycles. The molecule has 1 N–H and O–H groups in total. The lowest BCUT2D eigenvalue weighted by Crippen LogP contribution is -1.96. The molecule has 2 heterocycles. The Labute approximate surface area is 81.3 Å². The summed E-state index contributed by atoms with van der Waals surface area (Å²) in [5.41, 5.74) is 1.21. The summed E-state index contributed by atoms with van der Waals surface area (Å²) < 4.78 is 5.79. The van der Waals surface area contributed by atoms with E-state index in [2.05, 4.69) is 20.9 Å². The molecule has 4 nitrogen and oxygen atoms in total. The van der Waals surface area contributed by atoms with Crippen molar-refractivity contribution in [1.82, 2.24) is 4.98 Å². The number of hydrogen-bond donors (Lipinski definition) is 1. The second-order valence-electron chi connectivity index (χ2n) is 2.46. The Bertz CT molecular complexity index is 477. The molecule has 5 heteroatoms. The molecule has 0 unspecified atom stereocenters. The van der Waals surface area contributed by atoms with Gasteiger partial charge in [0.05, 0.1) is 10.0 Å². The van der Waals surface area contributed by atoms with Gasteiger partial charge in [-0.05, 0) is 22.0 Å². The maximum Gasteiger partial charge on any atom is 0.337 e. The van der Waals surface area contributed by atoms with Crippen molar-refractivity contribution in [3.63, 3.8) is 0 Å². The maximum absolute atomic E-state index is 10.6. The molecule has 0 aliphatic carbocycles. The Morgan fingerprint density at radius 2 is 2.38 bits per heavy atom. The molecule has 66 valence electrons. The molecule has 0 spiro atoms. The van der Waals surface area contributed by atoms with Gasteiger partial charge in [-0.15, -0.1) is 0 Å². The first-order valence-corrected chi connectivity index (χ1v) is 4.24. The zero-order valence-electron chi connectivity index (χ0n) is 6.32. The van der Waals surface area contributed by atoms with Gasteiger partial charge >= 0.3 is 5.97 Å². The van der Waals surface area contributed by atoms with E-state index in [1.165, 1.54) is 18.5 Å². The Hall–Kier alpha value is -1.36. The van der Waals surface area contributed by atoms with Crippen LogP contribution in [0, 0.1) is 0 Å². The van der Waals surface area contributed by atoms with Crippen molar-refractivity contribution in [1.29, 1.82) is 0 Å². The van der Waals surface area contributed by atoms with Crippen molar-refractivity contribution < 1.29 is 14.3 Å². The van der Waals surface area contributed by atoms with Crippen LogP contribution in [-0.4, -0.2) is 16.1 Å². The summed E-state index contributed by atoms with van der Waals surface area (Å²) in [5, 5.41) is 8.66. The van der Waals surface area contributed by atoms with Crippen molar-refractivity contribution >= 4 is 33.0 Å². The summed E-state index contributed by atoms with van der Waals surface area (Å²) >= 11 is 3.22. The third-order valence-electron chi connectivity index (χ3n) is 1.62. The Morgan fingerprint density at radius 1 is 1.62 bits per heavy atom. The molecule has 0 radical (unpaired) electrons. The third-order valence-corrected chi connectivity index (χ3v) is 2.18. The second kappa shape index (κ2) is 2.85. The van der Waals surface area contributed by atoms with Gasteiger partial charge in [0.1, 0.15) is 11.8 Å². The van der Waals surface area contributed by atoms with E-state index in [0.717, 1.165) is 4.47 Å². The van der Waals surface area contributed by atoms with Gasteiger partial charge in [0.15, 0.2) is 5.58 Å². The summed E-state index contributed by atoms with van der Waals surface area (Å²) in [6.07, 6.45) is 2.77. The molecule has 0 amide bonds. The van der Waals surface area contributed by atoms with Crippen LogP contribution in [0.15, 0.2) is 27.4 Å². The number of carboxylic acid groups (broad SMARTS) is 1. The van der Waals surface area contributed by atoms with Crippen LogP contribution in [0.1, 0.15) is 10.4 Å². The number of aromatic carboxylic acids is 1. The van der Waals surface area contributed by atoms with E-state index in [1.54, 1.807) is 0 Å². The highest BCUT2D eigenvalue weighted by Crippen LogP contribution is 2.24. The van der Waals surface area contributed by atoms with Crippen LogP contribution in [0.5, 0.6) is 0 Å². The number of halogens is 1. The quantitative estimate of drug-likeness (QED) is 0.833. The van der Waals surface area contributed by atoms with Crippen molar-refractivity contribution in [3.8, 4) is 0 Å². The highest BCUT2D eigenvalue weighted by Gasteiger charge is 2.09. The summed E-state index contributed by atoms with van der Waals surface area (Å²) in [6.45, 7) is 0. The zero-order valence-corrected chi connectivity index (χ0v) is 7.91. The minimum absolute atomic E-state index is 0.120. The summed E-state index contributed by atoms with van der Waals surface area (Å²) in [7, 11) is 0. The lowest BCUT2D eigenvalue weighted by Gasteiger charge is -1.92. The molecular formula is C8H4BrNO3. The number of rotatable bonds is 1. The number of nitrogens with zero attached hydrogens (tertiary/aromatic N) is 1. The number of furan rings is 1. The number of carboxylic acids is 1. The van der Waals surface area contributed by atoms with Crippen molar-refractivity contribution in [2.24, 2.45) is 0 Å². The largest absolute Gasteiger partial charge is 0.478 e. The highest BCUT2D eigenvalue weighted by atomic mass is 79.9. The van der Waals surface area contributed by atoms with Crippen molar-refractivity contribution in [3.05, 3.63) is 28.6 Å². The molecule has 0 atom stereocenters. The molecule has 0 aliphatic heterocycles. The predicted octanol–water partition coefficient (Wildman–Crippen LogP) is 2.29. The van der Waals surface area contributed by atoms with Gasteiger partial charge in [0.2, 0.25) is 0 Å². The fourth-order valence-corrected chi connectivity index (χ4v) is 1.39. The van der Waals surface area contributed by atoms with Crippen molar-refractivity contribution in [2.45, 2.75) is 0 Å². The van der Waals surface area contributed by atoms with Crippen LogP contribution < -0.4 is 0 Å². The van der Waals surface area contributed by atoms with Gasteiger partial charge < -0.3 is 9.52 Å². The molecule has 2 aromatic rings. The van der Waals surface area contributed by atoms with Gasteiger partial charge in [0.25, 0.3) is 0 Å². The van der Waals surface area contributed by atoms with Crippen LogP contribution in [0.25, 0.3) is 11.1 Å². The molecule has 13 heavy (non-hydrogen) atoms. The topological polar surface area (TPSA) is 63.3 Å². The predicted molar refractivity (Wildman–Crippen MR) is 48.7 cm³/mol. The summed E-state index contributed by atoms with van der Waals surface area (Å²) in [6, 6.07) is 1.44. The molecule has 0 aliphatic rings. The fraction of sp³-hybridized carbons (Fsp3) is 0. The first-order chi connectivity index (χ1) is 6.18. The van der Waals surface area contributed by atoms with E-state index in [1.807, 2.05) is 0 Å². The van der Waals surface area contributed by atoms with Crippen LogP contribution >= 0.6 is 15.9 Å². The lowest BCUT2D eigenvalue weighted by molar-refractivity contribution is 0.0696. The second-order valence-corrected chi connectivity index (χ2v) is 3.31.